The van der Waals surface area contributed by atoms with Crippen LogP contribution in [0, 0.1) is 0 Å². The van der Waals surface area contributed by atoms with Gasteiger partial charge in [0, 0.05) is 33.3 Å². The fourth-order valence-electron chi connectivity index (χ4n) is 5.55. The van der Waals surface area contributed by atoms with E-state index in [9.17, 15) is 15.0 Å². The third-order valence-corrected chi connectivity index (χ3v) is 7.71. The van der Waals surface area contributed by atoms with Gasteiger partial charge in [0.2, 0.25) is 0 Å². The normalized spacial score (nSPS) is 20.9. The largest absolute Gasteiger partial charge is 0.490 e. The fraction of sp³-hybridized carbons (Fsp3) is 0.594. The molecule has 2 heterocycles. The van der Waals surface area contributed by atoms with Gasteiger partial charge in [-0.2, -0.15) is 0 Å². The third-order valence-electron chi connectivity index (χ3n) is 7.71. The van der Waals surface area contributed by atoms with Crippen molar-refractivity contribution in [3.63, 3.8) is 0 Å². The number of aliphatic hydroxyl groups excluding tert-OH is 1. The van der Waals surface area contributed by atoms with Crippen molar-refractivity contribution in [1.29, 1.82) is 0 Å². The van der Waals surface area contributed by atoms with Gasteiger partial charge in [0.25, 0.3) is 0 Å². The lowest BCUT2D eigenvalue weighted by Crippen LogP contribution is -2.54. The van der Waals surface area contributed by atoms with Gasteiger partial charge in [-0.3, -0.25) is 0 Å². The zero-order chi connectivity index (χ0) is 30.6. The van der Waals surface area contributed by atoms with Gasteiger partial charge in [-0.1, -0.05) is 30.3 Å². The number of ether oxygens (including phenoxy) is 6. The zero-order valence-corrected chi connectivity index (χ0v) is 25.5. The number of amides is 1. The number of anilines is 1. The fourth-order valence-corrected chi connectivity index (χ4v) is 5.55. The molecule has 1 amide bonds. The Labute approximate surface area is 254 Å². The molecule has 0 aromatic heterocycles. The van der Waals surface area contributed by atoms with Crippen LogP contribution in [0.2, 0.25) is 0 Å². The van der Waals surface area contributed by atoms with Crippen molar-refractivity contribution >= 4 is 11.8 Å². The first-order valence-electron chi connectivity index (χ1n) is 14.9. The number of hydrogen-bond acceptors (Lipinski definition) is 9. The summed E-state index contributed by atoms with van der Waals surface area (Å²) in [4.78, 5) is 15.8. The highest BCUT2D eigenvalue weighted by Gasteiger charge is 2.41. The summed E-state index contributed by atoms with van der Waals surface area (Å²) in [5.74, 6) is 0.599. The molecule has 2 aromatic rings. The molecule has 11 heteroatoms. The van der Waals surface area contributed by atoms with Crippen molar-refractivity contribution in [3.05, 3.63) is 59.2 Å². The molecule has 0 saturated carbocycles. The Bertz CT molecular complexity index is 1130. The van der Waals surface area contributed by atoms with Crippen molar-refractivity contribution in [2.75, 3.05) is 78.3 Å². The number of fused-ring (bicyclic) bond motifs is 1. The van der Waals surface area contributed by atoms with Crippen LogP contribution in [-0.4, -0.2) is 113 Å². The van der Waals surface area contributed by atoms with E-state index in [0.717, 1.165) is 47.6 Å². The van der Waals surface area contributed by atoms with E-state index in [1.807, 2.05) is 36.4 Å². The molecule has 11 nitrogen and oxygen atoms in total. The summed E-state index contributed by atoms with van der Waals surface area (Å²) < 4.78 is 34.5. The van der Waals surface area contributed by atoms with Crippen molar-refractivity contribution in [2.24, 2.45) is 0 Å². The molecule has 0 aliphatic carbocycles. The Morgan fingerprint density at radius 1 is 0.977 bits per heavy atom. The van der Waals surface area contributed by atoms with Crippen LogP contribution in [0.4, 0.5) is 10.5 Å². The van der Waals surface area contributed by atoms with E-state index in [1.54, 1.807) is 21.1 Å². The second-order valence-electron chi connectivity index (χ2n) is 11.1. The van der Waals surface area contributed by atoms with Gasteiger partial charge in [-0.05, 0) is 42.2 Å². The number of nitrogens with zero attached hydrogens (tertiary/aromatic N) is 2. The molecule has 1 saturated heterocycles. The van der Waals surface area contributed by atoms with E-state index in [2.05, 4.69) is 11.0 Å². The summed E-state index contributed by atoms with van der Waals surface area (Å²) in [5.41, 5.74) is 4.00. The van der Waals surface area contributed by atoms with Crippen molar-refractivity contribution in [1.82, 2.24) is 4.90 Å². The molecule has 2 N–H and O–H groups in total. The maximum atomic E-state index is 12.1. The number of carbonyl (C=O) groups is 1. The second-order valence-corrected chi connectivity index (χ2v) is 11.1. The highest BCUT2D eigenvalue weighted by atomic mass is 16.5. The number of piperidine rings is 1. The van der Waals surface area contributed by atoms with Gasteiger partial charge in [0.1, 0.15) is 12.4 Å². The molecule has 1 unspecified atom stereocenters. The molecule has 2 aromatic carbocycles. The van der Waals surface area contributed by atoms with Gasteiger partial charge in [0.05, 0.1) is 76.7 Å². The SMILES string of the molecule is COCCCN1CCOc2ccc(CO[C@H]3CN(C(=O)O)C[C@@H](OCC(C)O)[C@@H]3c3ccc(COCCOC)cc3)cc21. The minimum absolute atomic E-state index is 0.0937. The summed E-state index contributed by atoms with van der Waals surface area (Å²) in [7, 11) is 3.35. The summed E-state index contributed by atoms with van der Waals surface area (Å²) in [6.07, 6.45) is -1.77. The smallest absolute Gasteiger partial charge is 0.407 e. The van der Waals surface area contributed by atoms with E-state index in [-0.39, 0.29) is 25.6 Å². The van der Waals surface area contributed by atoms with Crippen LogP contribution in [0.5, 0.6) is 5.75 Å². The predicted octanol–water partition coefficient (Wildman–Crippen LogP) is 3.51. The van der Waals surface area contributed by atoms with Crippen LogP contribution < -0.4 is 9.64 Å². The van der Waals surface area contributed by atoms with Crippen molar-refractivity contribution in [2.45, 2.75) is 50.8 Å². The monoisotopic (exact) mass is 602 g/mol. The van der Waals surface area contributed by atoms with Crippen LogP contribution in [0.25, 0.3) is 0 Å². The van der Waals surface area contributed by atoms with E-state index in [4.69, 9.17) is 28.4 Å². The Balaban J connectivity index is 1.53. The number of aliphatic hydroxyl groups is 1. The van der Waals surface area contributed by atoms with Gasteiger partial charge in [-0.15, -0.1) is 0 Å². The Morgan fingerprint density at radius 3 is 2.40 bits per heavy atom. The number of rotatable bonds is 16. The number of methoxy groups -OCH3 is 2. The molecular weight excluding hydrogens is 556 g/mol. The number of benzene rings is 2. The van der Waals surface area contributed by atoms with E-state index in [1.165, 1.54) is 4.90 Å². The minimum Gasteiger partial charge on any atom is -0.490 e. The third kappa shape index (κ3) is 9.53. The maximum Gasteiger partial charge on any atom is 0.407 e. The lowest BCUT2D eigenvalue weighted by atomic mass is 9.84. The average Bonchev–Trinajstić information content (AvgIpc) is 3.01. The quantitative estimate of drug-likeness (QED) is 0.276. The van der Waals surface area contributed by atoms with Crippen LogP contribution in [-0.2, 0) is 36.9 Å². The molecule has 4 rings (SSSR count). The summed E-state index contributed by atoms with van der Waals surface area (Å²) in [6.45, 7) is 6.92. The van der Waals surface area contributed by atoms with Crippen LogP contribution in [0.1, 0.15) is 36.0 Å². The average molecular weight is 603 g/mol. The highest BCUT2D eigenvalue weighted by molar-refractivity contribution is 5.65. The van der Waals surface area contributed by atoms with E-state index in [0.29, 0.717) is 39.6 Å². The number of likely N-dealkylation sites (tertiary alicyclic amines) is 1. The first-order chi connectivity index (χ1) is 20.9. The molecule has 1 fully saturated rings. The van der Waals surface area contributed by atoms with E-state index < -0.39 is 24.4 Å². The van der Waals surface area contributed by atoms with Crippen LogP contribution >= 0.6 is 0 Å². The molecule has 238 valence electrons. The lowest BCUT2D eigenvalue weighted by molar-refractivity contribution is -0.101. The molecular formula is C32H46N2O9. The Kier molecular flexibility index (Phi) is 12.9. The molecule has 0 bridgehead atoms. The second kappa shape index (κ2) is 16.8. The van der Waals surface area contributed by atoms with Gasteiger partial charge < -0.3 is 48.4 Å². The number of carboxylic acid groups (broad SMARTS) is 1. The van der Waals surface area contributed by atoms with Crippen molar-refractivity contribution in [3.8, 4) is 5.75 Å². The molecule has 43 heavy (non-hydrogen) atoms. The Morgan fingerprint density at radius 2 is 1.70 bits per heavy atom. The van der Waals surface area contributed by atoms with Gasteiger partial charge in [-0.25, -0.2) is 4.79 Å². The molecule has 2 aliphatic heterocycles. The van der Waals surface area contributed by atoms with Gasteiger partial charge >= 0.3 is 6.09 Å². The molecule has 0 spiro atoms. The topological polar surface area (TPSA) is 119 Å². The van der Waals surface area contributed by atoms with Crippen LogP contribution in [0.15, 0.2) is 42.5 Å². The van der Waals surface area contributed by atoms with Crippen LogP contribution in [0.3, 0.4) is 0 Å². The van der Waals surface area contributed by atoms with E-state index >= 15 is 0 Å². The minimum atomic E-state index is -1.03. The van der Waals surface area contributed by atoms with Gasteiger partial charge in [0.15, 0.2) is 0 Å². The summed E-state index contributed by atoms with van der Waals surface area (Å²) >= 11 is 0. The molecule has 2 aliphatic rings. The lowest BCUT2D eigenvalue weighted by Gasteiger charge is -2.43. The predicted molar refractivity (Wildman–Crippen MR) is 161 cm³/mol. The number of hydrogen-bond donors (Lipinski definition) is 2. The maximum absolute atomic E-state index is 12.1. The Hall–Kier alpha value is -2.93. The first kappa shape index (κ1) is 33.0. The summed E-state index contributed by atoms with van der Waals surface area (Å²) in [5, 5.41) is 19.9. The zero-order valence-electron chi connectivity index (χ0n) is 25.5. The standard InChI is InChI=1S/C32H46N2O9/c1-23(35)20-42-29-18-34(32(36)37)19-30(31(29)26-8-5-24(6-9-26)21-40-16-15-39-3)43-22-25-7-10-28-27(17-25)33(12-14-41-28)11-4-13-38-2/h5-10,17,23,29-31,35H,4,11-16,18-22H2,1-3H3,(H,36,37)/t23?,29-,30+,31+/m1/s1. The molecule has 4 atom stereocenters. The first-order valence-corrected chi connectivity index (χ1v) is 14.9. The van der Waals surface area contributed by atoms with Crippen molar-refractivity contribution < 1.29 is 43.4 Å². The summed E-state index contributed by atoms with van der Waals surface area (Å²) in [6, 6.07) is 14.1. The highest BCUT2D eigenvalue weighted by Crippen LogP contribution is 2.36. The molecule has 0 radical (unpaired) electrons.